The minimum Gasteiger partial charge on any atom is -0.404 e. The summed E-state index contributed by atoms with van der Waals surface area (Å²) in [5, 5.41) is 4.22. The van der Waals surface area contributed by atoms with Gasteiger partial charge >= 0.3 is 6.36 Å². The number of alkyl halides is 3. The van der Waals surface area contributed by atoms with Gasteiger partial charge < -0.3 is 14.6 Å². The number of para-hydroxylation sites is 4. The highest BCUT2D eigenvalue weighted by atomic mass is 19.4. The average Bonchev–Trinajstić information content (AvgIpc) is 2.94. The lowest BCUT2D eigenvalue weighted by Crippen LogP contribution is -2.21. The van der Waals surface area contributed by atoms with Crippen molar-refractivity contribution in [3.8, 4) is 22.8 Å². The summed E-state index contributed by atoms with van der Waals surface area (Å²) in [6, 6.07) is 21.4. The van der Waals surface area contributed by atoms with Crippen molar-refractivity contribution in [2.24, 2.45) is 4.99 Å². The zero-order valence-electron chi connectivity index (χ0n) is 21.9. The first-order valence-corrected chi connectivity index (χ1v) is 13.4. The van der Waals surface area contributed by atoms with Crippen molar-refractivity contribution >= 4 is 22.4 Å². The zero-order valence-corrected chi connectivity index (χ0v) is 21.9. The molecule has 6 nitrogen and oxygen atoms in total. The molecule has 40 heavy (non-hydrogen) atoms. The number of pyridine rings is 1. The third-order valence-corrected chi connectivity index (χ3v) is 7.20. The number of rotatable bonds is 5. The van der Waals surface area contributed by atoms with E-state index in [0.717, 1.165) is 48.1 Å². The summed E-state index contributed by atoms with van der Waals surface area (Å²) in [4.78, 5) is 14.5. The monoisotopic (exact) mass is 543 g/mol. The molecule has 1 saturated carbocycles. The maximum Gasteiger partial charge on any atom is 0.573 e. The molecule has 1 fully saturated rings. The predicted molar refractivity (Wildman–Crippen MR) is 149 cm³/mol. The van der Waals surface area contributed by atoms with Crippen LogP contribution in [0.25, 0.3) is 28.1 Å². The van der Waals surface area contributed by atoms with Gasteiger partial charge in [0.1, 0.15) is 0 Å². The fourth-order valence-corrected chi connectivity index (χ4v) is 5.33. The molecule has 3 aliphatic rings. The smallest absolute Gasteiger partial charge is 0.404 e. The SMILES string of the molecule is Cc1ncccc1Nc1cc2nc3ccccc3n(-c3ccccc3OC(F)(F)F)c-2cc1=NC1CCCCC1. The van der Waals surface area contributed by atoms with Crippen LogP contribution in [-0.2, 0) is 0 Å². The number of nitrogens with zero attached hydrogens (tertiary/aromatic N) is 4. The Morgan fingerprint density at radius 1 is 0.925 bits per heavy atom. The van der Waals surface area contributed by atoms with E-state index in [0.29, 0.717) is 22.4 Å². The molecule has 0 amide bonds. The number of nitrogens with one attached hydrogen (secondary N) is 1. The van der Waals surface area contributed by atoms with E-state index in [4.69, 9.17) is 9.98 Å². The Hall–Kier alpha value is -4.40. The van der Waals surface area contributed by atoms with E-state index < -0.39 is 6.36 Å². The zero-order chi connectivity index (χ0) is 27.7. The molecule has 2 aliphatic carbocycles. The Kier molecular flexibility index (Phi) is 6.88. The van der Waals surface area contributed by atoms with Crippen LogP contribution in [0.15, 0.2) is 84.0 Å². The fraction of sp³-hybridized carbons (Fsp3) is 0.258. The van der Waals surface area contributed by atoms with Gasteiger partial charge in [0.25, 0.3) is 0 Å². The maximum absolute atomic E-state index is 13.4. The summed E-state index contributed by atoms with van der Waals surface area (Å²) in [5.74, 6) is -0.295. The number of aryl methyl sites for hydroxylation is 1. The first-order chi connectivity index (χ1) is 19.4. The van der Waals surface area contributed by atoms with Gasteiger partial charge in [0.15, 0.2) is 5.75 Å². The van der Waals surface area contributed by atoms with Crippen LogP contribution in [0.3, 0.4) is 0 Å². The lowest BCUT2D eigenvalue weighted by molar-refractivity contribution is -0.274. The second-order valence-corrected chi connectivity index (χ2v) is 9.99. The molecule has 1 aliphatic heterocycles. The molecule has 1 aromatic heterocycles. The van der Waals surface area contributed by atoms with Gasteiger partial charge in [-0.3, -0.25) is 9.98 Å². The third-order valence-electron chi connectivity index (χ3n) is 7.20. The van der Waals surface area contributed by atoms with Crippen molar-refractivity contribution in [2.45, 2.75) is 51.4 Å². The van der Waals surface area contributed by atoms with Gasteiger partial charge in [0, 0.05) is 6.20 Å². The Morgan fingerprint density at radius 3 is 2.50 bits per heavy atom. The molecule has 0 atom stereocenters. The van der Waals surface area contributed by atoms with Crippen LogP contribution >= 0.6 is 0 Å². The van der Waals surface area contributed by atoms with Crippen LogP contribution in [0.2, 0.25) is 0 Å². The van der Waals surface area contributed by atoms with Crippen molar-refractivity contribution in [2.75, 3.05) is 5.32 Å². The second-order valence-electron chi connectivity index (χ2n) is 9.99. The normalized spacial score (nSPS) is 15.1. The lowest BCUT2D eigenvalue weighted by atomic mass is 9.96. The molecule has 1 N–H and O–H groups in total. The quantitative estimate of drug-likeness (QED) is 0.231. The van der Waals surface area contributed by atoms with Crippen molar-refractivity contribution < 1.29 is 17.9 Å². The van der Waals surface area contributed by atoms with Gasteiger partial charge in [0.05, 0.1) is 56.6 Å². The molecule has 0 radical (unpaired) electrons. The summed E-state index contributed by atoms with van der Waals surface area (Å²) in [6.07, 6.45) is 2.36. The number of anilines is 2. The number of halogens is 3. The summed E-state index contributed by atoms with van der Waals surface area (Å²) in [7, 11) is 0. The summed E-state index contributed by atoms with van der Waals surface area (Å²) < 4.78 is 46.5. The van der Waals surface area contributed by atoms with Crippen LogP contribution in [0.5, 0.6) is 5.75 Å². The van der Waals surface area contributed by atoms with E-state index >= 15 is 0 Å². The van der Waals surface area contributed by atoms with Gasteiger partial charge in [0.2, 0.25) is 0 Å². The van der Waals surface area contributed by atoms with Crippen molar-refractivity contribution in [1.82, 2.24) is 14.5 Å². The first-order valence-electron chi connectivity index (χ1n) is 13.4. The Balaban J connectivity index is 1.64. The molecule has 6 rings (SSSR count). The number of fused-ring (bicyclic) bond motifs is 2. The van der Waals surface area contributed by atoms with E-state index in [2.05, 4.69) is 15.0 Å². The number of benzene rings is 3. The summed E-state index contributed by atoms with van der Waals surface area (Å²) in [6.45, 7) is 1.93. The van der Waals surface area contributed by atoms with Gasteiger partial charge in [-0.25, -0.2) is 4.98 Å². The second kappa shape index (κ2) is 10.6. The van der Waals surface area contributed by atoms with Gasteiger partial charge in [-0.15, -0.1) is 13.2 Å². The van der Waals surface area contributed by atoms with Crippen LogP contribution < -0.4 is 15.4 Å². The van der Waals surface area contributed by atoms with E-state index in [1.165, 1.54) is 18.6 Å². The molecule has 204 valence electrons. The fourth-order valence-electron chi connectivity index (χ4n) is 5.33. The molecule has 0 spiro atoms. The van der Waals surface area contributed by atoms with Crippen LogP contribution in [0.1, 0.15) is 37.8 Å². The van der Waals surface area contributed by atoms with E-state index in [-0.39, 0.29) is 17.5 Å². The van der Waals surface area contributed by atoms with Crippen LogP contribution in [0, 0.1) is 6.92 Å². The molecular formula is C31H28F3N5O. The van der Waals surface area contributed by atoms with Gasteiger partial charge in [-0.1, -0.05) is 43.5 Å². The van der Waals surface area contributed by atoms with Crippen LogP contribution in [0.4, 0.5) is 24.5 Å². The molecule has 0 unspecified atom stereocenters. The molecule has 2 aromatic carbocycles. The number of ether oxygens (including phenoxy) is 1. The van der Waals surface area contributed by atoms with Gasteiger partial charge in [-0.05, 0) is 68.3 Å². The molecule has 3 aromatic rings. The highest BCUT2D eigenvalue weighted by Crippen LogP contribution is 2.36. The lowest BCUT2D eigenvalue weighted by Gasteiger charge is -2.23. The van der Waals surface area contributed by atoms with Crippen LogP contribution in [-0.4, -0.2) is 26.9 Å². The Labute approximate surface area is 229 Å². The predicted octanol–water partition coefficient (Wildman–Crippen LogP) is 7.71. The van der Waals surface area contributed by atoms with E-state index in [1.807, 2.05) is 55.5 Å². The number of hydrogen-bond donors (Lipinski definition) is 1. The van der Waals surface area contributed by atoms with Crippen molar-refractivity contribution in [3.05, 3.63) is 90.0 Å². The largest absolute Gasteiger partial charge is 0.573 e. The highest BCUT2D eigenvalue weighted by Gasteiger charge is 2.33. The number of aromatic nitrogens is 3. The van der Waals surface area contributed by atoms with E-state index in [9.17, 15) is 13.2 Å². The Morgan fingerprint density at radius 2 is 1.70 bits per heavy atom. The van der Waals surface area contributed by atoms with E-state index in [1.54, 1.807) is 22.9 Å². The summed E-state index contributed by atoms with van der Waals surface area (Å²) in [5.41, 5.74) is 5.23. The highest BCUT2D eigenvalue weighted by molar-refractivity contribution is 5.85. The Bertz CT molecular complexity index is 1710. The summed E-state index contributed by atoms with van der Waals surface area (Å²) >= 11 is 0. The minimum atomic E-state index is -4.84. The van der Waals surface area contributed by atoms with Crippen molar-refractivity contribution in [1.29, 1.82) is 0 Å². The minimum absolute atomic E-state index is 0.171. The van der Waals surface area contributed by atoms with Gasteiger partial charge in [-0.2, -0.15) is 0 Å². The molecule has 0 bridgehead atoms. The topological polar surface area (TPSA) is 64.3 Å². The average molecular weight is 544 g/mol. The standard InChI is InChI=1S/C31H28F3N5O/c1-20-22(13-9-17-35-20)37-24-18-26-29(19-25(24)36-21-10-3-2-4-11-21)39(27-14-6-5-12-23(27)38-26)28-15-7-8-16-30(28)40-31(32,33)34/h5-9,12-19,21,37H,2-4,10-11H2,1H3. The maximum atomic E-state index is 13.4. The molecule has 0 saturated heterocycles. The first kappa shape index (κ1) is 25.9. The number of hydrogen-bond acceptors (Lipinski definition) is 5. The molecule has 2 heterocycles. The van der Waals surface area contributed by atoms with Crippen molar-refractivity contribution in [3.63, 3.8) is 0 Å². The molecular weight excluding hydrogens is 515 g/mol. The third kappa shape index (κ3) is 5.36. The molecule has 9 heteroatoms.